The molecule has 1 atom stereocenters. The molecule has 1 aromatic rings. The summed E-state index contributed by atoms with van der Waals surface area (Å²) in [7, 11) is 0. The molecule has 0 spiro atoms. The third-order valence-corrected chi connectivity index (χ3v) is 4.61. The Bertz CT molecular complexity index is 501. The molecule has 0 aromatic heterocycles. The predicted octanol–water partition coefficient (Wildman–Crippen LogP) is 4.96. The van der Waals surface area contributed by atoms with Crippen LogP contribution in [0.2, 0.25) is 0 Å². The van der Waals surface area contributed by atoms with Gasteiger partial charge in [0.2, 0.25) is 0 Å². The number of nitrogens with zero attached hydrogens (tertiary/aromatic N) is 1. The van der Waals surface area contributed by atoms with Crippen molar-refractivity contribution in [2.75, 3.05) is 0 Å². The summed E-state index contributed by atoms with van der Waals surface area (Å²) in [6, 6.07) is 10.2. The average molecular weight is 283 g/mol. The number of hydrogen-bond acceptors (Lipinski definition) is 2. The van der Waals surface area contributed by atoms with Crippen LogP contribution in [-0.2, 0) is 4.79 Å². The molecule has 1 aliphatic rings. The van der Waals surface area contributed by atoms with Crippen LogP contribution in [0.4, 0.5) is 0 Å². The molecule has 112 valence electrons. The SMILES string of the molecule is CC(C)c1ccc(C(C#N)C(=O)C2CCCCCC2)cc1. The van der Waals surface area contributed by atoms with E-state index in [0.717, 1.165) is 31.2 Å². The quantitative estimate of drug-likeness (QED) is 0.733. The van der Waals surface area contributed by atoms with Crippen LogP contribution >= 0.6 is 0 Å². The zero-order valence-corrected chi connectivity index (χ0v) is 13.1. The van der Waals surface area contributed by atoms with Crippen molar-refractivity contribution in [1.82, 2.24) is 0 Å². The van der Waals surface area contributed by atoms with Gasteiger partial charge in [-0.2, -0.15) is 5.26 Å². The fourth-order valence-corrected chi connectivity index (χ4v) is 3.18. The van der Waals surface area contributed by atoms with Crippen molar-refractivity contribution in [3.05, 3.63) is 35.4 Å². The Kier molecular flexibility index (Phi) is 5.56. The second-order valence-electron chi connectivity index (χ2n) is 6.47. The molecular weight excluding hydrogens is 258 g/mol. The third kappa shape index (κ3) is 3.94. The Hall–Kier alpha value is -1.62. The molecule has 0 N–H and O–H groups in total. The molecule has 21 heavy (non-hydrogen) atoms. The summed E-state index contributed by atoms with van der Waals surface area (Å²) >= 11 is 0. The fourth-order valence-electron chi connectivity index (χ4n) is 3.18. The van der Waals surface area contributed by atoms with Gasteiger partial charge in [-0.05, 0) is 29.9 Å². The first-order chi connectivity index (χ1) is 10.1. The molecule has 1 unspecified atom stereocenters. The van der Waals surface area contributed by atoms with Crippen molar-refractivity contribution in [2.24, 2.45) is 5.92 Å². The van der Waals surface area contributed by atoms with Crippen LogP contribution in [0.1, 0.15) is 75.3 Å². The topological polar surface area (TPSA) is 40.9 Å². The number of Topliss-reactive ketones (excluding diaryl/α,β-unsaturated/α-hetero) is 1. The maximum Gasteiger partial charge on any atom is 0.157 e. The van der Waals surface area contributed by atoms with E-state index in [0.29, 0.717) is 5.92 Å². The second kappa shape index (κ2) is 7.41. The van der Waals surface area contributed by atoms with Crippen molar-refractivity contribution >= 4 is 5.78 Å². The van der Waals surface area contributed by atoms with E-state index in [-0.39, 0.29) is 11.7 Å². The molecule has 0 bridgehead atoms. The van der Waals surface area contributed by atoms with Gasteiger partial charge >= 0.3 is 0 Å². The van der Waals surface area contributed by atoms with Gasteiger partial charge in [0.25, 0.3) is 0 Å². The van der Waals surface area contributed by atoms with Crippen LogP contribution in [-0.4, -0.2) is 5.78 Å². The molecule has 0 amide bonds. The lowest BCUT2D eigenvalue weighted by Gasteiger charge is -2.17. The molecule has 1 saturated carbocycles. The van der Waals surface area contributed by atoms with Gasteiger partial charge in [0.05, 0.1) is 6.07 Å². The molecular formula is C19H25NO. The zero-order chi connectivity index (χ0) is 15.2. The van der Waals surface area contributed by atoms with Gasteiger partial charge in [-0.15, -0.1) is 0 Å². The fraction of sp³-hybridized carbons (Fsp3) is 0.579. The summed E-state index contributed by atoms with van der Waals surface area (Å²) < 4.78 is 0. The zero-order valence-electron chi connectivity index (χ0n) is 13.1. The highest BCUT2D eigenvalue weighted by molar-refractivity contribution is 5.90. The monoisotopic (exact) mass is 283 g/mol. The normalized spacial score (nSPS) is 18.0. The van der Waals surface area contributed by atoms with Crippen LogP contribution in [0, 0.1) is 17.2 Å². The van der Waals surface area contributed by atoms with E-state index >= 15 is 0 Å². The Balaban J connectivity index is 2.14. The molecule has 1 aliphatic carbocycles. The molecule has 0 radical (unpaired) electrons. The standard InChI is InChI=1S/C19H25NO/c1-14(2)15-9-11-16(12-10-15)18(13-20)19(21)17-7-5-3-4-6-8-17/h9-12,14,17-18H,3-8H2,1-2H3. The van der Waals surface area contributed by atoms with Gasteiger partial charge in [0, 0.05) is 5.92 Å². The summed E-state index contributed by atoms with van der Waals surface area (Å²) in [5, 5.41) is 9.46. The molecule has 2 nitrogen and oxygen atoms in total. The van der Waals surface area contributed by atoms with Gasteiger partial charge in [-0.1, -0.05) is 63.8 Å². The Morgan fingerprint density at radius 2 is 1.57 bits per heavy atom. The average Bonchev–Trinajstić information content (AvgIpc) is 2.77. The van der Waals surface area contributed by atoms with Crippen LogP contribution in [0.25, 0.3) is 0 Å². The molecule has 2 rings (SSSR count). The summed E-state index contributed by atoms with van der Waals surface area (Å²) in [6.45, 7) is 4.29. The Morgan fingerprint density at radius 1 is 1.05 bits per heavy atom. The predicted molar refractivity (Wildman–Crippen MR) is 85.1 cm³/mol. The van der Waals surface area contributed by atoms with Gasteiger partial charge < -0.3 is 0 Å². The smallest absolute Gasteiger partial charge is 0.157 e. The highest BCUT2D eigenvalue weighted by Gasteiger charge is 2.28. The second-order valence-corrected chi connectivity index (χ2v) is 6.47. The minimum Gasteiger partial charge on any atom is -0.298 e. The third-order valence-electron chi connectivity index (χ3n) is 4.61. The number of ketones is 1. The van der Waals surface area contributed by atoms with Crippen molar-refractivity contribution in [1.29, 1.82) is 5.26 Å². The summed E-state index contributed by atoms with van der Waals surface area (Å²) in [5.41, 5.74) is 2.11. The molecule has 1 aromatic carbocycles. The van der Waals surface area contributed by atoms with E-state index in [2.05, 4.69) is 19.9 Å². The van der Waals surface area contributed by atoms with Crippen molar-refractivity contribution in [3.63, 3.8) is 0 Å². The molecule has 0 saturated heterocycles. The van der Waals surface area contributed by atoms with E-state index in [4.69, 9.17) is 0 Å². The molecule has 1 fully saturated rings. The lowest BCUT2D eigenvalue weighted by atomic mass is 9.84. The first-order valence-electron chi connectivity index (χ1n) is 8.16. The number of hydrogen-bond donors (Lipinski definition) is 0. The van der Waals surface area contributed by atoms with Crippen molar-refractivity contribution < 1.29 is 4.79 Å². The highest BCUT2D eigenvalue weighted by Crippen LogP contribution is 2.30. The first kappa shape index (κ1) is 15.8. The van der Waals surface area contributed by atoms with E-state index in [1.165, 1.54) is 18.4 Å². The van der Waals surface area contributed by atoms with E-state index < -0.39 is 5.92 Å². The molecule has 0 heterocycles. The van der Waals surface area contributed by atoms with Gasteiger partial charge in [-0.25, -0.2) is 0 Å². The summed E-state index contributed by atoms with van der Waals surface area (Å²) in [4.78, 5) is 12.7. The van der Waals surface area contributed by atoms with Crippen molar-refractivity contribution in [2.45, 2.75) is 64.2 Å². The van der Waals surface area contributed by atoms with Gasteiger partial charge in [0.1, 0.15) is 5.92 Å². The number of nitriles is 1. The van der Waals surface area contributed by atoms with Gasteiger partial charge in [0.15, 0.2) is 5.78 Å². The first-order valence-corrected chi connectivity index (χ1v) is 8.16. The number of carbonyl (C=O) groups is 1. The minimum atomic E-state index is -0.589. The lowest BCUT2D eigenvalue weighted by Crippen LogP contribution is -2.21. The van der Waals surface area contributed by atoms with Crippen LogP contribution < -0.4 is 0 Å². The summed E-state index contributed by atoms with van der Waals surface area (Å²) in [5.74, 6) is 0.102. The van der Waals surface area contributed by atoms with Gasteiger partial charge in [-0.3, -0.25) is 4.79 Å². The van der Waals surface area contributed by atoms with E-state index in [1.807, 2.05) is 24.3 Å². The van der Waals surface area contributed by atoms with Crippen molar-refractivity contribution in [3.8, 4) is 6.07 Å². The van der Waals surface area contributed by atoms with Crippen LogP contribution in [0.3, 0.4) is 0 Å². The minimum absolute atomic E-state index is 0.0851. The highest BCUT2D eigenvalue weighted by atomic mass is 16.1. The maximum atomic E-state index is 12.7. The summed E-state index contributed by atoms with van der Waals surface area (Å²) in [6.07, 6.45) is 6.62. The Labute approximate surface area is 128 Å². The van der Waals surface area contributed by atoms with E-state index in [9.17, 15) is 10.1 Å². The maximum absolute atomic E-state index is 12.7. The molecule has 2 heteroatoms. The molecule has 0 aliphatic heterocycles. The number of rotatable bonds is 4. The van der Waals surface area contributed by atoms with Crippen LogP contribution in [0.5, 0.6) is 0 Å². The Morgan fingerprint density at radius 3 is 2.05 bits per heavy atom. The lowest BCUT2D eigenvalue weighted by molar-refractivity contribution is -0.123. The number of benzene rings is 1. The van der Waals surface area contributed by atoms with Crippen LogP contribution in [0.15, 0.2) is 24.3 Å². The number of carbonyl (C=O) groups excluding carboxylic acids is 1. The largest absolute Gasteiger partial charge is 0.298 e. The van der Waals surface area contributed by atoms with E-state index in [1.54, 1.807) is 0 Å².